The molecule has 102 valence electrons. The van der Waals surface area contributed by atoms with Crippen molar-refractivity contribution in [3.63, 3.8) is 0 Å². The quantitative estimate of drug-likeness (QED) is 0.862. The first-order valence-corrected chi connectivity index (χ1v) is 6.55. The molecule has 20 heavy (non-hydrogen) atoms. The number of rotatable bonds is 4. The van der Waals surface area contributed by atoms with Crippen molar-refractivity contribution in [1.29, 1.82) is 0 Å². The fourth-order valence-electron chi connectivity index (χ4n) is 1.84. The van der Waals surface area contributed by atoms with Gasteiger partial charge in [0.2, 0.25) is 5.95 Å². The van der Waals surface area contributed by atoms with E-state index in [1.165, 1.54) is 0 Å². The van der Waals surface area contributed by atoms with E-state index in [0.29, 0.717) is 5.95 Å². The molecule has 0 saturated heterocycles. The second-order valence-corrected chi connectivity index (χ2v) is 4.44. The fourth-order valence-corrected chi connectivity index (χ4v) is 1.84. The highest BCUT2D eigenvalue weighted by Crippen LogP contribution is 2.22. The maximum absolute atomic E-state index is 5.81. The molecule has 0 aliphatic heterocycles. The molecule has 1 aromatic heterocycles. The first kappa shape index (κ1) is 13.9. The number of nitrogen functional groups attached to an aromatic ring is 1. The standard InChI is InChI=1S/C16H18N4/c1-3-18-10-9-12(2)14-11-15(20-16(17)19-14)13-7-5-4-6-8-13/h3-12H,1-2H3,(H2,17,19,20)/b10-9-,18-3-. The van der Waals surface area contributed by atoms with E-state index in [1.54, 1.807) is 12.4 Å². The van der Waals surface area contributed by atoms with Crippen LogP contribution < -0.4 is 5.73 Å². The maximum atomic E-state index is 5.81. The Labute approximate surface area is 119 Å². The maximum Gasteiger partial charge on any atom is 0.220 e. The first-order chi connectivity index (χ1) is 9.70. The number of aliphatic imine (C=N–C) groups is 1. The predicted molar refractivity (Wildman–Crippen MR) is 83.6 cm³/mol. The van der Waals surface area contributed by atoms with Gasteiger partial charge in [-0.2, -0.15) is 0 Å². The number of anilines is 1. The topological polar surface area (TPSA) is 64.2 Å². The molecule has 0 radical (unpaired) electrons. The van der Waals surface area contributed by atoms with E-state index in [1.807, 2.05) is 49.4 Å². The van der Waals surface area contributed by atoms with Crippen molar-refractivity contribution in [3.8, 4) is 11.3 Å². The number of nitrogens with zero attached hydrogens (tertiary/aromatic N) is 3. The van der Waals surface area contributed by atoms with Gasteiger partial charge in [0, 0.05) is 23.9 Å². The van der Waals surface area contributed by atoms with Crippen molar-refractivity contribution in [2.75, 3.05) is 5.73 Å². The number of benzene rings is 1. The van der Waals surface area contributed by atoms with Crippen LogP contribution in [0.15, 0.2) is 53.7 Å². The van der Waals surface area contributed by atoms with Crippen LogP contribution in [0, 0.1) is 0 Å². The average molecular weight is 266 g/mol. The zero-order valence-corrected chi connectivity index (χ0v) is 11.7. The number of nitrogens with two attached hydrogens (primary N) is 1. The second kappa shape index (κ2) is 6.61. The molecule has 2 aromatic rings. The molecule has 0 spiro atoms. The van der Waals surface area contributed by atoms with Gasteiger partial charge in [-0.3, -0.25) is 4.99 Å². The van der Waals surface area contributed by atoms with Crippen molar-refractivity contribution in [2.24, 2.45) is 4.99 Å². The SMILES string of the molecule is C/C=N\C=C/C(C)c1cc(-c2ccccc2)nc(N)n1. The molecule has 0 amide bonds. The summed E-state index contributed by atoms with van der Waals surface area (Å²) in [5, 5.41) is 0. The van der Waals surface area contributed by atoms with E-state index in [9.17, 15) is 0 Å². The van der Waals surface area contributed by atoms with Gasteiger partial charge >= 0.3 is 0 Å². The van der Waals surface area contributed by atoms with Crippen LogP contribution in [0.4, 0.5) is 5.95 Å². The molecule has 1 heterocycles. The van der Waals surface area contributed by atoms with Crippen molar-refractivity contribution < 1.29 is 0 Å². The molecule has 0 saturated carbocycles. The van der Waals surface area contributed by atoms with Crippen molar-refractivity contribution in [2.45, 2.75) is 19.8 Å². The Hall–Kier alpha value is -2.49. The van der Waals surface area contributed by atoms with Crippen LogP contribution in [0.5, 0.6) is 0 Å². The summed E-state index contributed by atoms with van der Waals surface area (Å²) < 4.78 is 0. The monoisotopic (exact) mass is 266 g/mol. The number of aromatic nitrogens is 2. The molecule has 0 bridgehead atoms. The van der Waals surface area contributed by atoms with Gasteiger partial charge < -0.3 is 5.73 Å². The number of hydrogen-bond donors (Lipinski definition) is 1. The van der Waals surface area contributed by atoms with Crippen LogP contribution in [0.25, 0.3) is 11.3 Å². The third-order valence-electron chi connectivity index (χ3n) is 2.91. The molecule has 1 atom stereocenters. The Balaban J connectivity index is 2.34. The van der Waals surface area contributed by atoms with Crippen LogP contribution in [-0.4, -0.2) is 16.2 Å². The summed E-state index contributed by atoms with van der Waals surface area (Å²) in [5.41, 5.74) is 8.57. The third kappa shape index (κ3) is 3.51. The van der Waals surface area contributed by atoms with Crippen LogP contribution in [0.2, 0.25) is 0 Å². The minimum absolute atomic E-state index is 0.131. The summed E-state index contributed by atoms with van der Waals surface area (Å²) >= 11 is 0. The highest BCUT2D eigenvalue weighted by Gasteiger charge is 2.08. The minimum atomic E-state index is 0.131. The first-order valence-electron chi connectivity index (χ1n) is 6.55. The van der Waals surface area contributed by atoms with Crippen LogP contribution in [-0.2, 0) is 0 Å². The summed E-state index contributed by atoms with van der Waals surface area (Å²) in [7, 11) is 0. The predicted octanol–water partition coefficient (Wildman–Crippen LogP) is 3.43. The largest absolute Gasteiger partial charge is 0.368 e. The zero-order valence-electron chi connectivity index (χ0n) is 11.7. The summed E-state index contributed by atoms with van der Waals surface area (Å²) in [6.45, 7) is 3.93. The van der Waals surface area contributed by atoms with Crippen molar-refractivity contribution in [1.82, 2.24) is 9.97 Å². The van der Waals surface area contributed by atoms with Crippen LogP contribution >= 0.6 is 0 Å². The Morgan fingerprint density at radius 2 is 1.95 bits per heavy atom. The lowest BCUT2D eigenvalue weighted by molar-refractivity contribution is 0.896. The fraction of sp³-hybridized carbons (Fsp3) is 0.188. The second-order valence-electron chi connectivity index (χ2n) is 4.44. The van der Waals surface area contributed by atoms with Gasteiger partial charge in [0.15, 0.2) is 0 Å². The van der Waals surface area contributed by atoms with E-state index in [-0.39, 0.29) is 5.92 Å². The number of hydrogen-bond acceptors (Lipinski definition) is 4. The van der Waals surface area contributed by atoms with Gasteiger partial charge in [0.05, 0.1) is 11.4 Å². The van der Waals surface area contributed by atoms with Gasteiger partial charge in [-0.25, -0.2) is 9.97 Å². The highest BCUT2D eigenvalue weighted by molar-refractivity contribution is 5.60. The van der Waals surface area contributed by atoms with Crippen molar-refractivity contribution >= 4 is 12.2 Å². The summed E-state index contributed by atoms with van der Waals surface area (Å²) in [4.78, 5) is 12.7. The Bertz CT molecular complexity index is 618. The van der Waals surface area contributed by atoms with Crippen LogP contribution in [0.3, 0.4) is 0 Å². The molecule has 0 aliphatic rings. The van der Waals surface area contributed by atoms with Gasteiger partial charge in [-0.1, -0.05) is 43.3 Å². The van der Waals surface area contributed by atoms with E-state index in [2.05, 4.69) is 21.9 Å². The Morgan fingerprint density at radius 1 is 1.20 bits per heavy atom. The molecule has 4 nitrogen and oxygen atoms in total. The van der Waals surface area contributed by atoms with Gasteiger partial charge in [-0.05, 0) is 13.0 Å². The molecule has 1 aromatic carbocycles. The normalized spacial score (nSPS) is 13.1. The minimum Gasteiger partial charge on any atom is -0.368 e. The van der Waals surface area contributed by atoms with Gasteiger partial charge in [0.25, 0.3) is 0 Å². The highest BCUT2D eigenvalue weighted by atomic mass is 15.0. The smallest absolute Gasteiger partial charge is 0.220 e. The van der Waals surface area contributed by atoms with Crippen LogP contribution in [0.1, 0.15) is 25.5 Å². The van der Waals surface area contributed by atoms with E-state index >= 15 is 0 Å². The summed E-state index contributed by atoms with van der Waals surface area (Å²) in [6, 6.07) is 11.9. The number of allylic oxidation sites excluding steroid dienone is 1. The summed E-state index contributed by atoms with van der Waals surface area (Å²) in [5.74, 6) is 0.423. The van der Waals surface area contributed by atoms with Crippen molar-refractivity contribution in [3.05, 3.63) is 54.4 Å². The van der Waals surface area contributed by atoms with E-state index in [0.717, 1.165) is 17.0 Å². The molecular formula is C16H18N4. The third-order valence-corrected chi connectivity index (χ3v) is 2.91. The van der Waals surface area contributed by atoms with Gasteiger partial charge in [-0.15, -0.1) is 0 Å². The van der Waals surface area contributed by atoms with E-state index < -0.39 is 0 Å². The van der Waals surface area contributed by atoms with Gasteiger partial charge in [0.1, 0.15) is 0 Å². The lowest BCUT2D eigenvalue weighted by Gasteiger charge is -2.09. The molecule has 2 rings (SSSR count). The molecule has 2 N–H and O–H groups in total. The molecule has 0 fully saturated rings. The Kier molecular flexibility index (Phi) is 4.60. The molecular weight excluding hydrogens is 248 g/mol. The molecule has 4 heteroatoms. The summed E-state index contributed by atoms with van der Waals surface area (Å²) in [6.07, 6.45) is 5.49. The van der Waals surface area contributed by atoms with E-state index in [4.69, 9.17) is 5.73 Å². The lowest BCUT2D eigenvalue weighted by atomic mass is 10.0. The zero-order chi connectivity index (χ0) is 14.4. The Morgan fingerprint density at radius 3 is 2.65 bits per heavy atom. The average Bonchev–Trinajstić information content (AvgIpc) is 2.47. The molecule has 0 aliphatic carbocycles. The molecule has 1 unspecified atom stereocenters. The lowest BCUT2D eigenvalue weighted by Crippen LogP contribution is -2.02.